The SMILES string of the molecule is CCOC(=O)N1CCN(C(=O)CC(c2ccccc2F)c2cnc3c(C)cccn23)CC1. The van der Waals surface area contributed by atoms with Gasteiger partial charge in [0.15, 0.2) is 0 Å². The maximum absolute atomic E-state index is 14.8. The molecule has 1 aliphatic rings. The van der Waals surface area contributed by atoms with Crippen molar-refractivity contribution in [3.63, 3.8) is 0 Å². The Balaban J connectivity index is 1.58. The third-order valence-corrected chi connectivity index (χ3v) is 5.93. The molecule has 2 amide bonds. The third-order valence-electron chi connectivity index (χ3n) is 5.93. The van der Waals surface area contributed by atoms with E-state index in [1.807, 2.05) is 29.7 Å². The van der Waals surface area contributed by atoms with Crippen LogP contribution in [0.1, 0.15) is 36.1 Å². The number of ether oxygens (including phenoxy) is 1. The summed E-state index contributed by atoms with van der Waals surface area (Å²) in [5.41, 5.74) is 3.04. The van der Waals surface area contributed by atoms with Gasteiger partial charge in [-0.05, 0) is 37.1 Å². The van der Waals surface area contributed by atoms with Crippen molar-refractivity contribution in [2.45, 2.75) is 26.2 Å². The highest BCUT2D eigenvalue weighted by atomic mass is 19.1. The van der Waals surface area contributed by atoms with E-state index in [1.165, 1.54) is 6.07 Å². The predicted molar refractivity (Wildman–Crippen MR) is 118 cm³/mol. The van der Waals surface area contributed by atoms with Gasteiger partial charge in [-0.3, -0.25) is 4.79 Å². The van der Waals surface area contributed by atoms with E-state index >= 15 is 0 Å². The minimum Gasteiger partial charge on any atom is -0.450 e. The van der Waals surface area contributed by atoms with Crippen LogP contribution in [-0.2, 0) is 9.53 Å². The Kier molecular flexibility index (Phi) is 6.39. The Labute approximate surface area is 186 Å². The molecule has 0 saturated carbocycles. The zero-order valence-electron chi connectivity index (χ0n) is 18.3. The molecular formula is C24H27FN4O3. The van der Waals surface area contributed by atoms with Gasteiger partial charge in [0.2, 0.25) is 5.91 Å². The smallest absolute Gasteiger partial charge is 0.409 e. The number of fused-ring (bicyclic) bond motifs is 1. The molecule has 7 nitrogen and oxygen atoms in total. The van der Waals surface area contributed by atoms with E-state index in [9.17, 15) is 14.0 Å². The Hall–Kier alpha value is -3.42. The van der Waals surface area contributed by atoms with Gasteiger partial charge in [0, 0.05) is 50.9 Å². The predicted octanol–water partition coefficient (Wildman–Crippen LogP) is 3.60. The molecule has 3 aromatic rings. The highest BCUT2D eigenvalue weighted by Gasteiger charge is 2.29. The van der Waals surface area contributed by atoms with E-state index in [4.69, 9.17) is 4.74 Å². The number of aryl methyl sites for hydroxylation is 1. The molecule has 1 aromatic carbocycles. The van der Waals surface area contributed by atoms with E-state index in [0.717, 1.165) is 16.9 Å². The zero-order valence-corrected chi connectivity index (χ0v) is 18.3. The molecule has 1 saturated heterocycles. The number of amides is 2. The number of aromatic nitrogens is 2. The summed E-state index contributed by atoms with van der Waals surface area (Å²) < 4.78 is 21.8. The number of hydrogen-bond acceptors (Lipinski definition) is 4. The first kappa shape index (κ1) is 21.8. The summed E-state index contributed by atoms with van der Waals surface area (Å²) in [5.74, 6) is -0.909. The Morgan fingerprint density at radius 2 is 1.81 bits per heavy atom. The number of benzene rings is 1. The molecule has 8 heteroatoms. The molecule has 4 rings (SSSR count). The summed E-state index contributed by atoms with van der Waals surface area (Å²) in [6, 6.07) is 10.5. The lowest BCUT2D eigenvalue weighted by molar-refractivity contribution is -0.133. The lowest BCUT2D eigenvalue weighted by atomic mass is 9.91. The molecule has 168 valence electrons. The van der Waals surface area contributed by atoms with Crippen LogP contribution in [0.15, 0.2) is 48.8 Å². The van der Waals surface area contributed by atoms with Crippen molar-refractivity contribution < 1.29 is 18.7 Å². The molecular weight excluding hydrogens is 411 g/mol. The van der Waals surface area contributed by atoms with Gasteiger partial charge in [0.25, 0.3) is 0 Å². The van der Waals surface area contributed by atoms with Gasteiger partial charge in [0.05, 0.1) is 12.3 Å². The molecule has 0 radical (unpaired) electrons. The minimum atomic E-state index is -0.483. The van der Waals surface area contributed by atoms with Gasteiger partial charge in [-0.1, -0.05) is 24.3 Å². The minimum absolute atomic E-state index is 0.0793. The highest BCUT2D eigenvalue weighted by molar-refractivity contribution is 5.78. The van der Waals surface area contributed by atoms with Crippen molar-refractivity contribution in [2.75, 3.05) is 32.8 Å². The second kappa shape index (κ2) is 9.38. The van der Waals surface area contributed by atoms with Crippen LogP contribution in [-0.4, -0.2) is 64.0 Å². The van der Waals surface area contributed by atoms with Gasteiger partial charge >= 0.3 is 6.09 Å². The van der Waals surface area contributed by atoms with Crippen LogP contribution >= 0.6 is 0 Å². The van der Waals surface area contributed by atoms with Crippen molar-refractivity contribution >= 4 is 17.6 Å². The molecule has 32 heavy (non-hydrogen) atoms. The fraction of sp³-hybridized carbons (Fsp3) is 0.375. The third kappa shape index (κ3) is 4.30. The van der Waals surface area contributed by atoms with E-state index in [0.29, 0.717) is 38.3 Å². The molecule has 0 aliphatic carbocycles. The topological polar surface area (TPSA) is 67.2 Å². The summed E-state index contributed by atoms with van der Waals surface area (Å²) in [7, 11) is 0. The first-order valence-corrected chi connectivity index (χ1v) is 10.9. The maximum Gasteiger partial charge on any atom is 0.409 e. The number of halogens is 1. The fourth-order valence-electron chi connectivity index (χ4n) is 4.22. The van der Waals surface area contributed by atoms with Crippen LogP contribution in [0, 0.1) is 12.7 Å². The van der Waals surface area contributed by atoms with Crippen molar-refractivity contribution in [2.24, 2.45) is 0 Å². The summed E-state index contributed by atoms with van der Waals surface area (Å²) >= 11 is 0. The van der Waals surface area contributed by atoms with Crippen molar-refractivity contribution in [1.29, 1.82) is 0 Å². The zero-order chi connectivity index (χ0) is 22.7. The van der Waals surface area contributed by atoms with Crippen molar-refractivity contribution in [1.82, 2.24) is 19.2 Å². The van der Waals surface area contributed by atoms with Crippen LogP contribution in [0.5, 0.6) is 0 Å². The first-order chi connectivity index (χ1) is 15.5. The monoisotopic (exact) mass is 438 g/mol. The number of imidazole rings is 1. The van der Waals surface area contributed by atoms with E-state index < -0.39 is 5.92 Å². The standard InChI is InChI=1S/C24H27FN4O3/c1-3-32-24(31)28-13-11-27(12-14-28)22(30)15-19(18-8-4-5-9-20(18)25)21-16-26-23-17(2)7-6-10-29(21)23/h4-10,16,19H,3,11-15H2,1-2H3. The number of piperazine rings is 1. The van der Waals surface area contributed by atoms with Gasteiger partial charge in [-0.25, -0.2) is 14.2 Å². The molecule has 0 bridgehead atoms. The van der Waals surface area contributed by atoms with Gasteiger partial charge in [0.1, 0.15) is 11.5 Å². The van der Waals surface area contributed by atoms with Crippen LogP contribution in [0.2, 0.25) is 0 Å². The molecule has 1 unspecified atom stereocenters. The fourth-order valence-corrected chi connectivity index (χ4v) is 4.22. The summed E-state index contributed by atoms with van der Waals surface area (Å²) in [6.07, 6.45) is 3.37. The number of rotatable bonds is 5. The number of carbonyl (C=O) groups is 2. The lowest BCUT2D eigenvalue weighted by Gasteiger charge is -2.34. The molecule has 0 N–H and O–H groups in total. The Morgan fingerprint density at radius 3 is 2.53 bits per heavy atom. The van der Waals surface area contributed by atoms with E-state index in [-0.39, 0.29) is 24.2 Å². The molecule has 3 heterocycles. The lowest BCUT2D eigenvalue weighted by Crippen LogP contribution is -2.51. The first-order valence-electron chi connectivity index (χ1n) is 10.9. The summed E-state index contributed by atoms with van der Waals surface area (Å²) in [6.45, 7) is 5.75. The molecule has 2 aromatic heterocycles. The second-order valence-electron chi connectivity index (χ2n) is 7.91. The molecule has 1 fully saturated rings. The van der Waals surface area contributed by atoms with Gasteiger partial charge in [-0.15, -0.1) is 0 Å². The largest absolute Gasteiger partial charge is 0.450 e. The highest BCUT2D eigenvalue weighted by Crippen LogP contribution is 2.31. The molecule has 1 atom stereocenters. The average molecular weight is 439 g/mol. The number of carbonyl (C=O) groups excluding carboxylic acids is 2. The summed E-state index contributed by atoms with van der Waals surface area (Å²) in [4.78, 5) is 33.0. The van der Waals surface area contributed by atoms with Gasteiger partial charge < -0.3 is 18.9 Å². The maximum atomic E-state index is 14.8. The van der Waals surface area contributed by atoms with Crippen LogP contribution < -0.4 is 0 Å². The van der Waals surface area contributed by atoms with Crippen LogP contribution in [0.25, 0.3) is 5.65 Å². The normalized spacial score (nSPS) is 15.1. The Morgan fingerprint density at radius 1 is 1.09 bits per heavy atom. The number of hydrogen-bond donors (Lipinski definition) is 0. The van der Waals surface area contributed by atoms with Crippen molar-refractivity contribution in [3.05, 3.63) is 71.4 Å². The molecule has 1 aliphatic heterocycles. The Bertz CT molecular complexity index is 1120. The van der Waals surface area contributed by atoms with E-state index in [2.05, 4.69) is 4.98 Å². The quantitative estimate of drug-likeness (QED) is 0.611. The van der Waals surface area contributed by atoms with Gasteiger partial charge in [-0.2, -0.15) is 0 Å². The second-order valence-corrected chi connectivity index (χ2v) is 7.91. The van der Waals surface area contributed by atoms with Crippen LogP contribution in [0.3, 0.4) is 0 Å². The van der Waals surface area contributed by atoms with Crippen molar-refractivity contribution in [3.8, 4) is 0 Å². The molecule has 0 spiro atoms. The number of nitrogens with zero attached hydrogens (tertiary/aromatic N) is 4. The van der Waals surface area contributed by atoms with Crippen LogP contribution in [0.4, 0.5) is 9.18 Å². The average Bonchev–Trinajstić information content (AvgIpc) is 3.23. The van der Waals surface area contributed by atoms with E-state index in [1.54, 1.807) is 41.1 Å². The number of pyridine rings is 1. The summed E-state index contributed by atoms with van der Waals surface area (Å²) in [5, 5.41) is 0.